The normalized spacial score (nSPS) is 11.8. The van der Waals surface area contributed by atoms with Crippen LogP contribution in [0.15, 0.2) is 29.3 Å². The van der Waals surface area contributed by atoms with Crippen molar-refractivity contribution in [2.24, 2.45) is 4.99 Å². The number of nitrogens with one attached hydrogen (secondary N) is 2. The van der Waals surface area contributed by atoms with Crippen LogP contribution in [0.1, 0.15) is 33.3 Å². The number of hydrogen-bond acceptors (Lipinski definition) is 2. The first-order chi connectivity index (χ1) is 11.0. The van der Waals surface area contributed by atoms with Gasteiger partial charge in [-0.05, 0) is 45.7 Å². The van der Waals surface area contributed by atoms with Crippen molar-refractivity contribution < 1.29 is 4.39 Å². The minimum absolute atomic E-state index is 0. The predicted molar refractivity (Wildman–Crippen MR) is 112 cm³/mol. The minimum atomic E-state index is -0.151. The Labute approximate surface area is 163 Å². The summed E-state index contributed by atoms with van der Waals surface area (Å²) >= 11 is 0. The molecule has 0 unspecified atom stereocenters. The summed E-state index contributed by atoms with van der Waals surface area (Å²) in [6.07, 6.45) is 0.636. The number of benzene rings is 1. The van der Waals surface area contributed by atoms with Crippen molar-refractivity contribution in [3.8, 4) is 0 Å². The first kappa shape index (κ1) is 23.1. The number of hydrogen-bond donors (Lipinski definition) is 2. The smallest absolute Gasteiger partial charge is 0.191 e. The lowest BCUT2D eigenvalue weighted by Crippen LogP contribution is -2.45. The Morgan fingerprint density at radius 1 is 1.08 bits per heavy atom. The van der Waals surface area contributed by atoms with Gasteiger partial charge in [0.15, 0.2) is 5.96 Å². The average molecular weight is 450 g/mol. The van der Waals surface area contributed by atoms with Crippen LogP contribution in [0.2, 0.25) is 0 Å². The van der Waals surface area contributed by atoms with Crippen molar-refractivity contribution >= 4 is 29.9 Å². The van der Waals surface area contributed by atoms with Gasteiger partial charge < -0.3 is 10.6 Å². The molecule has 0 fully saturated rings. The van der Waals surface area contributed by atoms with E-state index in [-0.39, 0.29) is 29.8 Å². The first-order valence-electron chi connectivity index (χ1n) is 8.39. The van der Waals surface area contributed by atoms with Gasteiger partial charge in [-0.3, -0.25) is 9.89 Å². The van der Waals surface area contributed by atoms with E-state index in [1.54, 1.807) is 13.1 Å². The molecule has 0 bridgehead atoms. The number of rotatable bonds is 8. The van der Waals surface area contributed by atoms with Crippen molar-refractivity contribution in [2.45, 2.75) is 46.2 Å². The molecule has 1 aromatic carbocycles. The molecule has 0 aliphatic carbocycles. The third-order valence-electron chi connectivity index (χ3n) is 3.86. The fraction of sp³-hybridized carbons (Fsp3) is 0.611. The van der Waals surface area contributed by atoms with Gasteiger partial charge >= 0.3 is 0 Å². The van der Waals surface area contributed by atoms with Crippen LogP contribution >= 0.6 is 24.0 Å². The maximum atomic E-state index is 13.6. The van der Waals surface area contributed by atoms with Crippen LogP contribution in [-0.2, 0) is 6.42 Å². The lowest BCUT2D eigenvalue weighted by Gasteiger charge is -2.30. The lowest BCUT2D eigenvalue weighted by atomic mass is 10.1. The molecule has 0 spiro atoms. The predicted octanol–water partition coefficient (Wildman–Crippen LogP) is 3.27. The van der Waals surface area contributed by atoms with Crippen LogP contribution in [0.3, 0.4) is 0 Å². The van der Waals surface area contributed by atoms with E-state index in [0.29, 0.717) is 25.0 Å². The zero-order valence-corrected chi connectivity index (χ0v) is 17.8. The molecule has 0 heterocycles. The van der Waals surface area contributed by atoms with Gasteiger partial charge in [-0.25, -0.2) is 4.39 Å². The molecule has 4 nitrogen and oxygen atoms in total. The van der Waals surface area contributed by atoms with Crippen LogP contribution < -0.4 is 10.6 Å². The molecule has 6 heteroatoms. The van der Waals surface area contributed by atoms with Crippen molar-refractivity contribution in [2.75, 3.05) is 26.7 Å². The molecule has 0 amide bonds. The monoisotopic (exact) mass is 450 g/mol. The summed E-state index contributed by atoms with van der Waals surface area (Å²) < 4.78 is 13.6. The lowest BCUT2D eigenvalue weighted by molar-refractivity contribution is 0.178. The fourth-order valence-electron chi connectivity index (χ4n) is 2.65. The van der Waals surface area contributed by atoms with Crippen LogP contribution in [0.5, 0.6) is 0 Å². The third kappa shape index (κ3) is 8.28. The topological polar surface area (TPSA) is 39.7 Å². The second-order valence-corrected chi connectivity index (χ2v) is 6.19. The van der Waals surface area contributed by atoms with Gasteiger partial charge in [0.05, 0.1) is 0 Å². The van der Waals surface area contributed by atoms with Crippen LogP contribution in [0, 0.1) is 5.82 Å². The highest BCUT2D eigenvalue weighted by Gasteiger charge is 2.12. The van der Waals surface area contributed by atoms with Gasteiger partial charge in [0, 0.05) is 38.8 Å². The quantitative estimate of drug-likeness (QED) is 0.363. The van der Waals surface area contributed by atoms with E-state index in [2.05, 4.69) is 48.2 Å². The van der Waals surface area contributed by atoms with E-state index < -0.39 is 0 Å². The summed E-state index contributed by atoms with van der Waals surface area (Å²) in [6.45, 7) is 11.3. The Bertz CT molecular complexity index is 484. The van der Waals surface area contributed by atoms with Crippen molar-refractivity contribution in [1.29, 1.82) is 0 Å². The zero-order valence-electron chi connectivity index (χ0n) is 15.5. The van der Waals surface area contributed by atoms with Gasteiger partial charge in [-0.15, -0.1) is 24.0 Å². The van der Waals surface area contributed by atoms with E-state index in [9.17, 15) is 4.39 Å². The maximum Gasteiger partial charge on any atom is 0.191 e. The maximum absolute atomic E-state index is 13.6. The zero-order chi connectivity index (χ0) is 17.2. The number of nitrogens with zero attached hydrogens (tertiary/aromatic N) is 2. The molecule has 0 radical (unpaired) electrons. The summed E-state index contributed by atoms with van der Waals surface area (Å²) in [7, 11) is 1.75. The summed E-state index contributed by atoms with van der Waals surface area (Å²) in [5.41, 5.74) is 0.723. The summed E-state index contributed by atoms with van der Waals surface area (Å²) in [4.78, 5) is 6.64. The highest BCUT2D eigenvalue weighted by atomic mass is 127. The van der Waals surface area contributed by atoms with Gasteiger partial charge in [-0.1, -0.05) is 18.2 Å². The van der Waals surface area contributed by atoms with E-state index in [0.717, 1.165) is 24.6 Å². The summed E-state index contributed by atoms with van der Waals surface area (Å²) in [6, 6.07) is 7.92. The molecule has 1 rings (SSSR count). The SMILES string of the molecule is CN=C(NCCc1ccccc1F)NCCN(C(C)C)C(C)C.I. The van der Waals surface area contributed by atoms with Crippen LogP contribution in [0.4, 0.5) is 4.39 Å². The Balaban J connectivity index is 0.00000529. The van der Waals surface area contributed by atoms with E-state index in [1.165, 1.54) is 6.07 Å². The Morgan fingerprint density at radius 3 is 2.21 bits per heavy atom. The molecule has 0 atom stereocenters. The van der Waals surface area contributed by atoms with Crippen molar-refractivity contribution in [3.05, 3.63) is 35.6 Å². The number of halogens is 2. The second-order valence-electron chi connectivity index (χ2n) is 6.19. The van der Waals surface area contributed by atoms with E-state index in [1.807, 2.05) is 12.1 Å². The first-order valence-corrected chi connectivity index (χ1v) is 8.39. The van der Waals surface area contributed by atoms with E-state index in [4.69, 9.17) is 0 Å². The molecule has 0 aliphatic rings. The van der Waals surface area contributed by atoms with Crippen molar-refractivity contribution in [3.63, 3.8) is 0 Å². The highest BCUT2D eigenvalue weighted by Crippen LogP contribution is 2.06. The molecule has 0 aliphatic heterocycles. The molecule has 0 aromatic heterocycles. The van der Waals surface area contributed by atoms with Crippen molar-refractivity contribution in [1.82, 2.24) is 15.5 Å². The van der Waals surface area contributed by atoms with Crippen LogP contribution in [-0.4, -0.2) is 49.6 Å². The summed E-state index contributed by atoms with van der Waals surface area (Å²) in [5.74, 6) is 0.607. The van der Waals surface area contributed by atoms with Gasteiger partial charge in [0.25, 0.3) is 0 Å². The van der Waals surface area contributed by atoms with Gasteiger partial charge in [0.2, 0.25) is 0 Å². The molecular formula is C18H32FIN4. The number of aliphatic imine (C=N–C) groups is 1. The molecule has 138 valence electrons. The molecular weight excluding hydrogens is 418 g/mol. The second kappa shape index (κ2) is 12.5. The molecule has 0 saturated heterocycles. The van der Waals surface area contributed by atoms with Crippen LogP contribution in [0.25, 0.3) is 0 Å². The highest BCUT2D eigenvalue weighted by molar-refractivity contribution is 14.0. The Morgan fingerprint density at radius 2 is 1.67 bits per heavy atom. The molecule has 24 heavy (non-hydrogen) atoms. The Kier molecular flexibility index (Phi) is 12.0. The van der Waals surface area contributed by atoms with Gasteiger partial charge in [-0.2, -0.15) is 0 Å². The van der Waals surface area contributed by atoms with E-state index >= 15 is 0 Å². The summed E-state index contributed by atoms with van der Waals surface area (Å²) in [5, 5.41) is 6.55. The molecule has 0 saturated carbocycles. The van der Waals surface area contributed by atoms with Gasteiger partial charge in [0.1, 0.15) is 5.82 Å². The average Bonchev–Trinajstić information content (AvgIpc) is 2.50. The standard InChI is InChI=1S/C18H31FN4.HI/c1-14(2)23(15(3)4)13-12-22-18(20-5)21-11-10-16-8-6-7-9-17(16)19;/h6-9,14-15H,10-13H2,1-5H3,(H2,20,21,22);1H. The number of guanidine groups is 1. The largest absolute Gasteiger partial charge is 0.356 e. The molecule has 1 aromatic rings. The Hall–Kier alpha value is -0.890. The minimum Gasteiger partial charge on any atom is -0.356 e. The fourth-order valence-corrected chi connectivity index (χ4v) is 2.65. The molecule has 2 N–H and O–H groups in total. The third-order valence-corrected chi connectivity index (χ3v) is 3.86.